The lowest BCUT2D eigenvalue weighted by Crippen LogP contribution is -2.02. The van der Waals surface area contributed by atoms with Gasteiger partial charge in [0.15, 0.2) is 5.82 Å². The summed E-state index contributed by atoms with van der Waals surface area (Å²) in [5, 5.41) is 4.85. The molecule has 0 saturated carbocycles. The van der Waals surface area contributed by atoms with Crippen LogP contribution in [0.1, 0.15) is 22.3 Å². The first-order valence-corrected chi connectivity index (χ1v) is 24.8. The summed E-state index contributed by atoms with van der Waals surface area (Å²) < 4.78 is 4.94. The number of hydrogen-bond acceptors (Lipinski definition) is 2. The van der Waals surface area contributed by atoms with Crippen molar-refractivity contribution >= 4 is 43.6 Å². The van der Waals surface area contributed by atoms with Gasteiger partial charge in [-0.15, -0.1) is 0 Å². The molecule has 13 rings (SSSR count). The van der Waals surface area contributed by atoms with E-state index in [0.29, 0.717) is 5.82 Å². The van der Waals surface area contributed by atoms with Crippen LogP contribution in [0, 0.1) is 27.7 Å². The molecule has 0 aliphatic heterocycles. The Morgan fingerprint density at radius 1 is 0.264 bits per heavy atom. The summed E-state index contributed by atoms with van der Waals surface area (Å²) in [5.41, 5.74) is 23.6. The molecule has 4 nitrogen and oxygen atoms in total. The van der Waals surface area contributed by atoms with E-state index in [4.69, 9.17) is 9.97 Å². The lowest BCUT2D eigenvalue weighted by molar-refractivity contribution is 1.16. The molecule has 0 spiro atoms. The van der Waals surface area contributed by atoms with E-state index in [1.54, 1.807) is 0 Å². The van der Waals surface area contributed by atoms with Gasteiger partial charge in [-0.25, -0.2) is 9.97 Å². The van der Waals surface area contributed by atoms with Gasteiger partial charge in [-0.3, -0.25) is 0 Å². The fraction of sp³-hybridized carbons (Fsp3) is 0.0588. The Hall–Kier alpha value is -9.12. The zero-order chi connectivity index (χ0) is 48.5. The van der Waals surface area contributed by atoms with Crippen LogP contribution in [0.5, 0.6) is 0 Å². The number of hydrogen-bond donors (Lipinski definition) is 0. The van der Waals surface area contributed by atoms with Crippen LogP contribution in [0.3, 0.4) is 0 Å². The first kappa shape index (κ1) is 42.9. The van der Waals surface area contributed by atoms with Crippen LogP contribution >= 0.6 is 0 Å². The SMILES string of the molecule is Cc1cc(C)cc(-c2ccc3c(c2)c2cc(-c4cc(C)cc(C)c4)ccc2n3-c2ccc(-c3cc(-c4ccccc4)nc(-c4ccccc4)n3)cc2-c2ccccc2-n2c3ccccc3c3ccccc32)c1. The zero-order valence-electron chi connectivity index (χ0n) is 40.7. The minimum atomic E-state index is 0.685. The van der Waals surface area contributed by atoms with Crippen LogP contribution in [-0.2, 0) is 0 Å². The van der Waals surface area contributed by atoms with Crippen LogP contribution in [0.2, 0.25) is 0 Å². The molecular weight excluding hydrogens is 873 g/mol. The second kappa shape index (κ2) is 17.4. The molecule has 72 heavy (non-hydrogen) atoms. The lowest BCUT2D eigenvalue weighted by atomic mass is 9.96. The molecule has 0 N–H and O–H groups in total. The van der Waals surface area contributed by atoms with Crippen molar-refractivity contribution in [2.24, 2.45) is 0 Å². The van der Waals surface area contributed by atoms with E-state index >= 15 is 0 Å². The topological polar surface area (TPSA) is 35.6 Å². The molecule has 0 unspecified atom stereocenters. The number of benzene rings is 10. The number of nitrogens with zero attached hydrogens (tertiary/aromatic N) is 4. The Balaban J connectivity index is 1.11. The third-order valence-electron chi connectivity index (χ3n) is 14.3. The smallest absolute Gasteiger partial charge is 0.160 e. The molecule has 0 bridgehead atoms. The monoisotopic (exact) mass is 922 g/mol. The predicted molar refractivity (Wildman–Crippen MR) is 302 cm³/mol. The van der Waals surface area contributed by atoms with Gasteiger partial charge in [-0.1, -0.05) is 192 Å². The summed E-state index contributed by atoms with van der Waals surface area (Å²) in [6.45, 7) is 8.75. The van der Waals surface area contributed by atoms with E-state index in [0.717, 1.165) is 72.6 Å². The standard InChI is InChI=1S/C68H50N4/c1-43-33-44(2)36-52(35-43)49-27-30-66-58(39-49)59-40-50(53-37-45(3)34-46(4)38-53)28-31-67(59)72(66)65-32-29-51(61-42-60(47-17-7-5-8-18-47)69-68(70-61)48-19-9-6-10-20-48)41-57(65)56-23-13-16-26-64(56)71-62-24-14-11-21-54(62)55-22-12-15-25-63(55)71/h5-42H,1-4H3. The third-order valence-corrected chi connectivity index (χ3v) is 14.3. The van der Waals surface area contributed by atoms with E-state index < -0.39 is 0 Å². The predicted octanol–water partition coefficient (Wildman–Crippen LogP) is 17.9. The van der Waals surface area contributed by atoms with Gasteiger partial charge >= 0.3 is 0 Å². The summed E-state index contributed by atoms with van der Waals surface area (Å²) in [4.78, 5) is 10.5. The molecular formula is C68H50N4. The molecule has 0 saturated heterocycles. The van der Waals surface area contributed by atoms with Crippen molar-refractivity contribution in [1.29, 1.82) is 0 Å². The molecule has 342 valence electrons. The van der Waals surface area contributed by atoms with Crippen molar-refractivity contribution in [2.75, 3.05) is 0 Å². The number of aryl methyl sites for hydroxylation is 4. The average molecular weight is 923 g/mol. The fourth-order valence-electron chi connectivity index (χ4n) is 11.2. The number of fused-ring (bicyclic) bond motifs is 6. The summed E-state index contributed by atoms with van der Waals surface area (Å²) in [7, 11) is 0. The first-order chi connectivity index (χ1) is 35.3. The maximum Gasteiger partial charge on any atom is 0.160 e. The quantitative estimate of drug-likeness (QED) is 0.152. The van der Waals surface area contributed by atoms with Crippen molar-refractivity contribution in [2.45, 2.75) is 27.7 Å². The second-order valence-electron chi connectivity index (χ2n) is 19.4. The summed E-state index contributed by atoms with van der Waals surface area (Å²) in [6.07, 6.45) is 0. The first-order valence-electron chi connectivity index (χ1n) is 24.8. The van der Waals surface area contributed by atoms with E-state index in [1.807, 2.05) is 24.3 Å². The highest BCUT2D eigenvalue weighted by Crippen LogP contribution is 2.44. The Labute approximate surface area is 419 Å². The molecule has 10 aromatic carbocycles. The number of rotatable bonds is 8. The van der Waals surface area contributed by atoms with Crippen molar-refractivity contribution in [3.63, 3.8) is 0 Å². The van der Waals surface area contributed by atoms with Gasteiger partial charge < -0.3 is 9.13 Å². The fourth-order valence-corrected chi connectivity index (χ4v) is 11.2. The minimum absolute atomic E-state index is 0.685. The maximum atomic E-state index is 5.36. The molecule has 0 radical (unpaired) electrons. The molecule has 0 amide bonds. The van der Waals surface area contributed by atoms with E-state index in [9.17, 15) is 0 Å². The Morgan fingerprint density at radius 3 is 1.25 bits per heavy atom. The van der Waals surface area contributed by atoms with Crippen LogP contribution in [0.4, 0.5) is 0 Å². The summed E-state index contributed by atoms with van der Waals surface area (Å²) in [6, 6.07) is 84.0. The average Bonchev–Trinajstić information content (AvgIpc) is 3.92. The van der Waals surface area contributed by atoms with Crippen LogP contribution in [-0.4, -0.2) is 19.1 Å². The highest BCUT2D eigenvalue weighted by atomic mass is 15.0. The summed E-state index contributed by atoms with van der Waals surface area (Å²) >= 11 is 0. The zero-order valence-corrected chi connectivity index (χ0v) is 40.7. The van der Waals surface area contributed by atoms with Gasteiger partial charge in [-0.2, -0.15) is 0 Å². The Bertz CT molecular complexity index is 3990. The molecule has 0 atom stereocenters. The normalized spacial score (nSPS) is 11.6. The molecule has 4 heteroatoms. The molecule has 13 aromatic rings. The van der Waals surface area contributed by atoms with Crippen LogP contribution in [0.25, 0.3) is 122 Å². The van der Waals surface area contributed by atoms with Gasteiger partial charge in [0.1, 0.15) is 0 Å². The van der Waals surface area contributed by atoms with Gasteiger partial charge in [0, 0.05) is 49.4 Å². The minimum Gasteiger partial charge on any atom is -0.309 e. The molecule has 0 aliphatic rings. The summed E-state index contributed by atoms with van der Waals surface area (Å²) in [5.74, 6) is 0.685. The lowest BCUT2D eigenvalue weighted by Gasteiger charge is -2.20. The van der Waals surface area contributed by atoms with E-state index in [1.165, 1.54) is 66.1 Å². The van der Waals surface area contributed by atoms with Gasteiger partial charge in [0.05, 0.1) is 44.8 Å². The van der Waals surface area contributed by atoms with Gasteiger partial charge in [-0.05, 0) is 111 Å². The van der Waals surface area contributed by atoms with Gasteiger partial charge in [0.2, 0.25) is 0 Å². The van der Waals surface area contributed by atoms with Crippen LogP contribution < -0.4 is 0 Å². The second-order valence-corrected chi connectivity index (χ2v) is 19.4. The van der Waals surface area contributed by atoms with Gasteiger partial charge in [0.25, 0.3) is 0 Å². The van der Waals surface area contributed by atoms with Crippen molar-refractivity contribution in [3.05, 3.63) is 253 Å². The van der Waals surface area contributed by atoms with Crippen molar-refractivity contribution < 1.29 is 0 Å². The molecule has 0 aliphatic carbocycles. The third kappa shape index (κ3) is 7.48. The molecule has 3 heterocycles. The highest BCUT2D eigenvalue weighted by molar-refractivity contribution is 6.13. The van der Waals surface area contributed by atoms with Crippen LogP contribution in [0.15, 0.2) is 231 Å². The van der Waals surface area contributed by atoms with E-state index in [-0.39, 0.29) is 0 Å². The van der Waals surface area contributed by atoms with Crippen molar-refractivity contribution in [1.82, 2.24) is 19.1 Å². The maximum absolute atomic E-state index is 5.36. The highest BCUT2D eigenvalue weighted by Gasteiger charge is 2.23. The van der Waals surface area contributed by atoms with Crippen molar-refractivity contribution in [3.8, 4) is 78.7 Å². The number of aromatic nitrogens is 4. The number of para-hydroxylation sites is 3. The Morgan fingerprint density at radius 2 is 0.694 bits per heavy atom. The Kier molecular flexibility index (Phi) is 10.4. The molecule has 0 fully saturated rings. The molecule has 3 aromatic heterocycles. The largest absolute Gasteiger partial charge is 0.309 e. The van der Waals surface area contributed by atoms with E-state index in [2.05, 4.69) is 243 Å².